The summed E-state index contributed by atoms with van der Waals surface area (Å²) >= 11 is 0. The van der Waals surface area contributed by atoms with E-state index in [1.807, 2.05) is 27.7 Å². The molecule has 9 nitrogen and oxygen atoms in total. The minimum absolute atomic E-state index is 0.0147. The highest BCUT2D eigenvalue weighted by Crippen LogP contribution is 2.17. The van der Waals surface area contributed by atoms with Crippen LogP contribution in [0.15, 0.2) is 0 Å². The van der Waals surface area contributed by atoms with Gasteiger partial charge in [0.1, 0.15) is 12.3 Å². The number of nitrogens with zero attached hydrogens (tertiary/aromatic N) is 1. The van der Waals surface area contributed by atoms with E-state index in [-0.39, 0.29) is 50.6 Å². The van der Waals surface area contributed by atoms with Gasteiger partial charge >= 0.3 is 11.9 Å². The lowest BCUT2D eigenvalue weighted by Gasteiger charge is -2.34. The van der Waals surface area contributed by atoms with Crippen molar-refractivity contribution >= 4 is 18.4 Å². The van der Waals surface area contributed by atoms with Crippen LogP contribution in [0.1, 0.15) is 106 Å². The van der Waals surface area contributed by atoms with Crippen LogP contribution < -0.4 is 0 Å². The summed E-state index contributed by atoms with van der Waals surface area (Å²) in [7, 11) is 0. The largest absolute Gasteiger partial charge is 0.468 e. The van der Waals surface area contributed by atoms with Crippen molar-refractivity contribution in [2.45, 2.75) is 124 Å². The first-order chi connectivity index (χ1) is 18.2. The molecule has 0 aromatic rings. The van der Waals surface area contributed by atoms with E-state index in [1.54, 1.807) is 4.90 Å². The number of aliphatic hydroxyl groups excluding tert-OH is 1. The maximum Gasteiger partial charge on any atom is 0.324 e. The average Bonchev–Trinajstić information content (AvgIpc) is 2.88. The minimum Gasteiger partial charge on any atom is -0.468 e. The minimum atomic E-state index is -1.12. The molecule has 0 heterocycles. The first-order valence-corrected chi connectivity index (χ1v) is 14.6. The Morgan fingerprint density at radius 2 is 1.53 bits per heavy atom. The Labute approximate surface area is 230 Å². The lowest BCUT2D eigenvalue weighted by atomic mass is 10.1. The predicted octanol–water partition coefficient (Wildman–Crippen LogP) is 4.87. The van der Waals surface area contributed by atoms with E-state index in [0.29, 0.717) is 26.0 Å². The van der Waals surface area contributed by atoms with E-state index in [9.17, 15) is 19.5 Å². The summed E-state index contributed by atoms with van der Waals surface area (Å²) in [6, 6.07) is -1.03. The molecule has 0 saturated carbocycles. The fourth-order valence-electron chi connectivity index (χ4n) is 3.94. The summed E-state index contributed by atoms with van der Waals surface area (Å²) in [5, 5.41) is 10.9. The molecule has 0 fully saturated rings. The van der Waals surface area contributed by atoms with Gasteiger partial charge in [0.05, 0.1) is 32.3 Å². The number of hydrogen-bond donors (Lipinski definition) is 1. The maximum atomic E-state index is 13.1. The van der Waals surface area contributed by atoms with E-state index < -0.39 is 24.2 Å². The number of carbonyl (C=O) groups excluding carboxylic acids is 3. The van der Waals surface area contributed by atoms with Crippen LogP contribution in [0.3, 0.4) is 0 Å². The normalized spacial score (nSPS) is 13.9. The molecule has 0 aliphatic rings. The number of rotatable bonds is 25. The van der Waals surface area contributed by atoms with Gasteiger partial charge in [-0.3, -0.25) is 19.3 Å². The molecule has 0 rings (SSSR count). The molecule has 3 atom stereocenters. The Balaban J connectivity index is 5.32. The predicted molar refractivity (Wildman–Crippen MR) is 147 cm³/mol. The zero-order valence-electron chi connectivity index (χ0n) is 24.8. The highest BCUT2D eigenvalue weighted by Gasteiger charge is 2.34. The fraction of sp³-hybridized carbons (Fsp3) is 0.897. The Bertz CT molecular complexity index is 613. The first-order valence-electron chi connectivity index (χ1n) is 14.6. The van der Waals surface area contributed by atoms with E-state index in [0.717, 1.165) is 19.3 Å². The van der Waals surface area contributed by atoms with Gasteiger partial charge in [0.2, 0.25) is 0 Å². The Kier molecular flexibility index (Phi) is 22.2. The second-order valence-corrected chi connectivity index (χ2v) is 10.8. The summed E-state index contributed by atoms with van der Waals surface area (Å²) in [6.07, 6.45) is 7.48. The zero-order chi connectivity index (χ0) is 28.8. The van der Waals surface area contributed by atoms with Crippen molar-refractivity contribution in [1.82, 2.24) is 4.90 Å². The summed E-state index contributed by atoms with van der Waals surface area (Å²) < 4.78 is 21.6. The van der Waals surface area contributed by atoms with Gasteiger partial charge in [0.25, 0.3) is 6.47 Å². The number of esters is 2. The Morgan fingerprint density at radius 1 is 0.868 bits per heavy atom. The topological polar surface area (TPSA) is 112 Å². The van der Waals surface area contributed by atoms with Gasteiger partial charge in [-0.05, 0) is 31.1 Å². The lowest BCUT2D eigenvalue weighted by molar-refractivity contribution is -0.164. The highest BCUT2D eigenvalue weighted by atomic mass is 16.5. The molecule has 0 aliphatic carbocycles. The Morgan fingerprint density at radius 3 is 2.13 bits per heavy atom. The van der Waals surface area contributed by atoms with Crippen molar-refractivity contribution in [3.05, 3.63) is 0 Å². The smallest absolute Gasteiger partial charge is 0.324 e. The van der Waals surface area contributed by atoms with Gasteiger partial charge in [-0.2, -0.15) is 0 Å². The van der Waals surface area contributed by atoms with Crippen molar-refractivity contribution in [3.8, 4) is 0 Å². The van der Waals surface area contributed by atoms with E-state index in [1.165, 1.54) is 25.7 Å². The molecule has 0 saturated heterocycles. The molecular formula is C29H55NO8. The van der Waals surface area contributed by atoms with Gasteiger partial charge in [-0.1, -0.05) is 73.6 Å². The van der Waals surface area contributed by atoms with Crippen molar-refractivity contribution < 1.29 is 38.4 Å². The van der Waals surface area contributed by atoms with Crippen LogP contribution >= 0.6 is 0 Å². The lowest BCUT2D eigenvalue weighted by Crippen LogP contribution is -2.50. The molecular weight excluding hydrogens is 490 g/mol. The molecule has 0 spiro atoms. The second-order valence-electron chi connectivity index (χ2n) is 10.8. The zero-order valence-corrected chi connectivity index (χ0v) is 24.8. The van der Waals surface area contributed by atoms with Crippen molar-refractivity contribution in [2.75, 3.05) is 33.0 Å². The third kappa shape index (κ3) is 18.5. The molecule has 224 valence electrons. The van der Waals surface area contributed by atoms with E-state index >= 15 is 0 Å². The van der Waals surface area contributed by atoms with Crippen LogP contribution in [0, 0.1) is 11.8 Å². The summed E-state index contributed by atoms with van der Waals surface area (Å²) in [6.45, 7) is 13.5. The summed E-state index contributed by atoms with van der Waals surface area (Å²) in [4.78, 5) is 37.8. The van der Waals surface area contributed by atoms with Gasteiger partial charge in [0, 0.05) is 19.6 Å². The molecule has 2 unspecified atom stereocenters. The quantitative estimate of drug-likeness (QED) is 0.0564. The van der Waals surface area contributed by atoms with Crippen LogP contribution in [-0.4, -0.2) is 79.8 Å². The van der Waals surface area contributed by atoms with Gasteiger partial charge < -0.3 is 24.1 Å². The summed E-state index contributed by atoms with van der Waals surface area (Å²) in [5.41, 5.74) is 0. The standard InChI is InChI=1S/C29H55NO8/c1-7-9-10-11-12-14-25(8-2)36-17-13-16-30(27(32)15-18-35-22-31)26(29(34)38-21-24(5)6)19-28(33)37-20-23(3)4/h22-27,32H,7-21H2,1-6H3/t25?,26-,27?/m0/s1. The molecule has 38 heavy (non-hydrogen) atoms. The number of unbranched alkanes of at least 4 members (excludes halogenated alkanes) is 4. The van der Waals surface area contributed by atoms with Crippen LogP contribution in [-0.2, 0) is 33.3 Å². The van der Waals surface area contributed by atoms with E-state index in [4.69, 9.17) is 18.9 Å². The number of aliphatic hydroxyl groups is 1. The molecule has 1 N–H and O–H groups in total. The first kappa shape index (κ1) is 36.3. The van der Waals surface area contributed by atoms with Crippen molar-refractivity contribution in [2.24, 2.45) is 11.8 Å². The molecule has 0 radical (unpaired) electrons. The van der Waals surface area contributed by atoms with E-state index in [2.05, 4.69) is 13.8 Å². The SMILES string of the molecule is CCCCCCCC(CC)OCCCN(C(O)CCOC=O)[C@@H](CC(=O)OCC(C)C)C(=O)OCC(C)C. The maximum absolute atomic E-state index is 13.1. The molecule has 9 heteroatoms. The third-order valence-electron chi connectivity index (χ3n) is 6.11. The summed E-state index contributed by atoms with van der Waals surface area (Å²) in [5.74, 6) is -0.845. The van der Waals surface area contributed by atoms with Crippen LogP contribution in [0.25, 0.3) is 0 Å². The highest BCUT2D eigenvalue weighted by molar-refractivity contribution is 5.82. The number of hydrogen-bond acceptors (Lipinski definition) is 9. The number of ether oxygens (including phenoxy) is 4. The molecule has 0 bridgehead atoms. The molecule has 0 aliphatic heterocycles. The molecule has 0 aromatic heterocycles. The monoisotopic (exact) mass is 545 g/mol. The van der Waals surface area contributed by atoms with Crippen molar-refractivity contribution in [3.63, 3.8) is 0 Å². The van der Waals surface area contributed by atoms with Crippen LogP contribution in [0.4, 0.5) is 0 Å². The number of carbonyl (C=O) groups is 3. The molecule has 0 amide bonds. The third-order valence-corrected chi connectivity index (χ3v) is 6.11. The van der Waals surface area contributed by atoms with Crippen LogP contribution in [0.2, 0.25) is 0 Å². The van der Waals surface area contributed by atoms with Gasteiger partial charge in [-0.15, -0.1) is 0 Å². The average molecular weight is 546 g/mol. The second kappa shape index (κ2) is 23.2. The van der Waals surface area contributed by atoms with Gasteiger partial charge in [0.15, 0.2) is 0 Å². The van der Waals surface area contributed by atoms with Crippen LogP contribution in [0.5, 0.6) is 0 Å². The Hall–Kier alpha value is -1.71. The molecule has 0 aromatic carbocycles. The van der Waals surface area contributed by atoms with Crippen molar-refractivity contribution in [1.29, 1.82) is 0 Å². The fourth-order valence-corrected chi connectivity index (χ4v) is 3.94. The van der Waals surface area contributed by atoms with Gasteiger partial charge in [-0.25, -0.2) is 0 Å².